The maximum atomic E-state index is 14.0. The molecule has 49 heavy (non-hydrogen) atoms. The Bertz CT molecular complexity index is 2680. The van der Waals surface area contributed by atoms with E-state index in [2.05, 4.69) is 39.9 Å². The summed E-state index contributed by atoms with van der Waals surface area (Å²) in [4.78, 5) is 34.1. The van der Waals surface area contributed by atoms with Gasteiger partial charge in [-0.15, -0.1) is 0 Å². The van der Waals surface area contributed by atoms with Crippen molar-refractivity contribution in [2.24, 2.45) is 20.0 Å². The molecule has 0 unspecified atom stereocenters. The molecule has 5 aromatic rings. The quantitative estimate of drug-likeness (QED) is 0.256. The third-order valence-electron chi connectivity index (χ3n) is 7.03. The van der Waals surface area contributed by atoms with Crippen LogP contribution in [-0.4, -0.2) is 19.9 Å². The molecule has 0 spiro atoms. The van der Waals surface area contributed by atoms with E-state index in [1.807, 2.05) is 36.4 Å². The molecule has 224 valence electrons. The molecule has 0 amide bonds. The van der Waals surface area contributed by atoms with Gasteiger partial charge in [0.2, 0.25) is 5.82 Å². The minimum absolute atomic E-state index is 0.0320. The first kappa shape index (κ1) is 29.3. The summed E-state index contributed by atoms with van der Waals surface area (Å²) in [6.45, 7) is 0. The SMILES string of the molecule is N#CC(=C1N=c2c(C#N)ccc(C#N)c2=N1)c1nc(C(C#N)=C2N=c3c(C#N)ccc(C#N)c3=N2)nc(-c2nc3cc(F)c(F)cc3o2)n1. The van der Waals surface area contributed by atoms with Crippen LogP contribution >= 0.6 is 0 Å². The van der Waals surface area contributed by atoms with Crippen LogP contribution < -0.4 is 21.4 Å². The largest absolute Gasteiger partial charge is 0.433 e. The van der Waals surface area contributed by atoms with Crippen molar-refractivity contribution in [3.8, 4) is 48.1 Å². The highest BCUT2D eigenvalue weighted by Crippen LogP contribution is 2.28. The molecule has 0 saturated carbocycles. The van der Waals surface area contributed by atoms with E-state index < -0.39 is 46.1 Å². The molecule has 4 heterocycles. The van der Waals surface area contributed by atoms with Gasteiger partial charge in [-0.05, 0) is 24.3 Å². The summed E-state index contributed by atoms with van der Waals surface area (Å²) in [6, 6.07) is 18.6. The zero-order valence-corrected chi connectivity index (χ0v) is 23.9. The van der Waals surface area contributed by atoms with E-state index in [0.717, 1.165) is 12.1 Å². The zero-order valence-electron chi connectivity index (χ0n) is 23.9. The van der Waals surface area contributed by atoms with Gasteiger partial charge in [-0.1, -0.05) is 0 Å². The van der Waals surface area contributed by atoms with Crippen LogP contribution in [-0.2, 0) is 0 Å². The molecule has 17 heteroatoms. The van der Waals surface area contributed by atoms with Crippen molar-refractivity contribution >= 4 is 22.2 Å². The van der Waals surface area contributed by atoms with Crippen molar-refractivity contribution in [1.82, 2.24) is 19.9 Å². The number of nitriles is 6. The fourth-order valence-corrected chi connectivity index (χ4v) is 4.78. The van der Waals surface area contributed by atoms with E-state index in [-0.39, 0.29) is 66.4 Å². The Morgan fingerprint density at radius 1 is 0.551 bits per heavy atom. The lowest BCUT2D eigenvalue weighted by atomic mass is 10.1. The van der Waals surface area contributed by atoms with Crippen molar-refractivity contribution in [1.29, 1.82) is 31.6 Å². The van der Waals surface area contributed by atoms with Gasteiger partial charge in [0.05, 0.1) is 22.3 Å². The number of benzene rings is 3. The van der Waals surface area contributed by atoms with Crippen LogP contribution in [0.5, 0.6) is 0 Å². The second kappa shape index (κ2) is 11.2. The smallest absolute Gasteiger partial charge is 0.266 e. The lowest BCUT2D eigenvalue weighted by molar-refractivity contribution is 0.507. The number of aromatic nitrogens is 4. The predicted molar refractivity (Wildman–Crippen MR) is 154 cm³/mol. The van der Waals surface area contributed by atoms with E-state index in [1.54, 1.807) is 0 Å². The summed E-state index contributed by atoms with van der Waals surface area (Å²) in [5, 5.41) is 59.0. The fourth-order valence-electron chi connectivity index (χ4n) is 4.78. The van der Waals surface area contributed by atoms with Gasteiger partial charge in [0.1, 0.15) is 74.5 Å². The number of fused-ring (bicyclic) bond motifs is 3. The van der Waals surface area contributed by atoms with E-state index in [0.29, 0.717) is 0 Å². The number of rotatable bonds is 3. The van der Waals surface area contributed by atoms with Crippen molar-refractivity contribution in [2.75, 3.05) is 0 Å². The monoisotopic (exact) mass is 640 g/mol. The average molecular weight is 640 g/mol. The zero-order chi connectivity index (χ0) is 34.4. The van der Waals surface area contributed by atoms with Crippen molar-refractivity contribution in [3.63, 3.8) is 0 Å². The van der Waals surface area contributed by atoms with Crippen molar-refractivity contribution in [2.45, 2.75) is 0 Å². The van der Waals surface area contributed by atoms with Gasteiger partial charge < -0.3 is 4.42 Å². The molecule has 2 aliphatic rings. The summed E-state index contributed by atoms with van der Waals surface area (Å²) >= 11 is 0. The lowest BCUT2D eigenvalue weighted by Crippen LogP contribution is -2.27. The molecule has 7 rings (SSSR count). The Morgan fingerprint density at radius 2 is 0.959 bits per heavy atom. The number of nitrogens with zero attached hydrogens (tertiary/aromatic N) is 14. The van der Waals surface area contributed by atoms with E-state index in [9.17, 15) is 40.4 Å². The molecule has 0 fully saturated rings. The number of hydrogen-bond acceptors (Lipinski definition) is 15. The molecule has 0 N–H and O–H groups in total. The molecule has 0 radical (unpaired) electrons. The Balaban J connectivity index is 1.53. The summed E-state index contributed by atoms with van der Waals surface area (Å²) in [5.74, 6) is -4.65. The van der Waals surface area contributed by atoms with E-state index >= 15 is 0 Å². The molecule has 0 aliphatic carbocycles. The number of halogens is 2. The minimum atomic E-state index is -1.21. The first-order valence-electron chi connectivity index (χ1n) is 13.4. The van der Waals surface area contributed by atoms with Gasteiger partial charge in [-0.25, -0.2) is 48.7 Å². The third kappa shape index (κ3) is 4.67. The summed E-state index contributed by atoms with van der Waals surface area (Å²) in [7, 11) is 0. The normalized spacial score (nSPS) is 11.9. The first-order valence-corrected chi connectivity index (χ1v) is 13.4. The fraction of sp³-hybridized carbons (Fsp3) is 0. The maximum absolute atomic E-state index is 14.0. The maximum Gasteiger partial charge on any atom is 0.266 e. The highest BCUT2D eigenvalue weighted by Gasteiger charge is 2.25. The Morgan fingerprint density at radius 3 is 1.35 bits per heavy atom. The van der Waals surface area contributed by atoms with Crippen LogP contribution in [0.2, 0.25) is 0 Å². The number of allylic oxidation sites excluding steroid dienone is 2. The van der Waals surface area contributed by atoms with Crippen LogP contribution in [0.15, 0.2) is 72.4 Å². The van der Waals surface area contributed by atoms with Gasteiger partial charge in [0.25, 0.3) is 5.89 Å². The van der Waals surface area contributed by atoms with Crippen LogP contribution in [0.25, 0.3) is 34.0 Å². The molecule has 0 saturated heterocycles. The van der Waals surface area contributed by atoms with Crippen molar-refractivity contribution in [3.05, 3.63) is 115 Å². The van der Waals surface area contributed by atoms with Gasteiger partial charge in [0.15, 0.2) is 40.5 Å². The summed E-state index contributed by atoms with van der Waals surface area (Å²) in [5.41, 5.74) is -0.793. The van der Waals surface area contributed by atoms with Crippen LogP contribution in [0, 0.1) is 79.6 Å². The predicted octanol–water partition coefficient (Wildman–Crippen LogP) is 1.74. The molecule has 15 nitrogen and oxygen atoms in total. The number of oxazole rings is 1. The molecular formula is C32H6F2N14O. The molecule has 3 aromatic carbocycles. The van der Waals surface area contributed by atoms with Gasteiger partial charge in [0, 0.05) is 12.1 Å². The van der Waals surface area contributed by atoms with Crippen LogP contribution in [0.3, 0.4) is 0 Å². The standard InChI is InChI=1S/C32H6F2N14O/c33-19-5-21-22(6-20(19)34)49-32(41-21)31-47-29(17(11-39)27-42-23-13(7-35)1-2-14(8-36)24(23)43-27)46-30(48-31)18(12-40)28-44-25-15(9-37)3-4-16(10-38)26(25)45-28/h1-6H. The van der Waals surface area contributed by atoms with Crippen LogP contribution in [0.1, 0.15) is 33.9 Å². The minimum Gasteiger partial charge on any atom is -0.433 e. The highest BCUT2D eigenvalue weighted by atomic mass is 19.2. The van der Waals surface area contributed by atoms with Gasteiger partial charge in [-0.3, -0.25) is 0 Å². The van der Waals surface area contributed by atoms with Gasteiger partial charge in [-0.2, -0.15) is 31.6 Å². The Hall–Kier alpha value is -8.38. The molecule has 2 aromatic heterocycles. The summed E-state index contributed by atoms with van der Waals surface area (Å²) in [6.07, 6.45) is 0. The summed E-state index contributed by atoms with van der Waals surface area (Å²) < 4.78 is 33.5. The third-order valence-corrected chi connectivity index (χ3v) is 7.03. The Kier molecular flexibility index (Phi) is 6.71. The van der Waals surface area contributed by atoms with E-state index in [1.165, 1.54) is 24.3 Å². The second-order valence-electron chi connectivity index (χ2n) is 9.79. The van der Waals surface area contributed by atoms with Crippen molar-refractivity contribution < 1.29 is 13.2 Å². The topological polar surface area (TPSA) is 257 Å². The molecule has 0 bridgehead atoms. The average Bonchev–Trinajstić information content (AvgIpc) is 3.86. The molecule has 2 aliphatic heterocycles. The van der Waals surface area contributed by atoms with Gasteiger partial charge >= 0.3 is 0 Å². The molecule has 0 atom stereocenters. The lowest BCUT2D eigenvalue weighted by Gasteiger charge is -2.05. The van der Waals surface area contributed by atoms with Crippen LogP contribution in [0.4, 0.5) is 8.78 Å². The molecular weight excluding hydrogens is 634 g/mol. The highest BCUT2D eigenvalue weighted by molar-refractivity contribution is 5.81. The van der Waals surface area contributed by atoms with E-state index in [4.69, 9.17) is 4.42 Å². The number of hydrogen-bond donors (Lipinski definition) is 0. The Labute approximate surface area is 269 Å². The second-order valence-corrected chi connectivity index (χ2v) is 9.79. The first-order chi connectivity index (χ1) is 23.8.